The van der Waals surface area contributed by atoms with Gasteiger partial charge in [0.05, 0.1) is 0 Å². The highest BCUT2D eigenvalue weighted by molar-refractivity contribution is 5.70. The number of esters is 1. The number of carbonyl (C=O) groups is 1. The van der Waals surface area contributed by atoms with Crippen LogP contribution < -0.4 is 5.32 Å². The molecule has 0 aliphatic rings. The van der Waals surface area contributed by atoms with Gasteiger partial charge in [0.1, 0.15) is 5.60 Å². The Kier molecular flexibility index (Phi) is 8.37. The number of carbonyl (C=O) groups excluding carboxylic acids is 1. The van der Waals surface area contributed by atoms with Crippen LogP contribution in [0.25, 0.3) is 0 Å². The lowest BCUT2D eigenvalue weighted by Crippen LogP contribution is -2.39. The lowest BCUT2D eigenvalue weighted by Gasteiger charge is -2.22. The lowest BCUT2D eigenvalue weighted by molar-refractivity contribution is -0.529. The highest BCUT2D eigenvalue weighted by Gasteiger charge is 2.23. The molecule has 1 N–H and O–H groups in total. The predicted molar refractivity (Wildman–Crippen MR) is 77.9 cm³/mol. The van der Waals surface area contributed by atoms with E-state index in [0.717, 1.165) is 12.8 Å². The molecule has 0 heterocycles. The molecule has 0 radical (unpaired) electrons. The van der Waals surface area contributed by atoms with Crippen LogP contribution in [0.3, 0.4) is 0 Å². The minimum absolute atomic E-state index is 0.0730. The number of rotatable bonds is 9. The van der Waals surface area contributed by atoms with Crippen molar-refractivity contribution in [2.75, 3.05) is 6.54 Å². The SMILES string of the molecule is CCCC(CNC(CC)[N+](=O)[O-])CC(=O)OC(C)(C)C. The van der Waals surface area contributed by atoms with Gasteiger partial charge in [-0.15, -0.1) is 0 Å². The fourth-order valence-electron chi connectivity index (χ4n) is 1.97. The number of ether oxygens (including phenoxy) is 1. The molecule has 0 saturated heterocycles. The molecule has 0 fully saturated rings. The van der Waals surface area contributed by atoms with Crippen molar-refractivity contribution in [1.82, 2.24) is 5.32 Å². The molecule has 6 heteroatoms. The summed E-state index contributed by atoms with van der Waals surface area (Å²) in [6.45, 7) is 9.76. The first-order chi connectivity index (χ1) is 9.19. The maximum atomic E-state index is 11.8. The standard InChI is InChI=1S/C14H28N2O4/c1-6-8-11(9-13(17)20-14(3,4)5)10-15-12(7-2)16(18)19/h11-12,15H,6-10H2,1-5H3. The van der Waals surface area contributed by atoms with Crippen molar-refractivity contribution in [3.8, 4) is 0 Å². The fourth-order valence-corrected chi connectivity index (χ4v) is 1.97. The molecule has 0 amide bonds. The van der Waals surface area contributed by atoms with Crippen molar-refractivity contribution in [3.63, 3.8) is 0 Å². The first-order valence-electron chi connectivity index (χ1n) is 7.28. The van der Waals surface area contributed by atoms with E-state index in [1.807, 2.05) is 27.7 Å². The van der Waals surface area contributed by atoms with Gasteiger partial charge in [-0.3, -0.25) is 20.2 Å². The molecule has 0 bridgehead atoms. The van der Waals surface area contributed by atoms with Gasteiger partial charge < -0.3 is 4.74 Å². The fraction of sp³-hybridized carbons (Fsp3) is 0.929. The van der Waals surface area contributed by atoms with E-state index in [-0.39, 0.29) is 16.8 Å². The van der Waals surface area contributed by atoms with E-state index in [1.165, 1.54) is 0 Å². The molecular weight excluding hydrogens is 260 g/mol. The van der Waals surface area contributed by atoms with Crippen LogP contribution in [0.4, 0.5) is 0 Å². The second-order valence-electron chi connectivity index (χ2n) is 6.06. The Hall–Kier alpha value is -1.17. The molecule has 0 aromatic carbocycles. The van der Waals surface area contributed by atoms with Gasteiger partial charge in [-0.25, -0.2) is 0 Å². The molecule has 0 saturated carbocycles. The van der Waals surface area contributed by atoms with E-state index in [4.69, 9.17) is 4.74 Å². The quantitative estimate of drug-likeness (QED) is 0.305. The van der Waals surface area contributed by atoms with Crippen LogP contribution in [-0.4, -0.2) is 29.2 Å². The molecule has 118 valence electrons. The average molecular weight is 288 g/mol. The Bertz CT molecular complexity index is 313. The van der Waals surface area contributed by atoms with Gasteiger partial charge in [0, 0.05) is 24.3 Å². The Morgan fingerprint density at radius 2 is 1.95 bits per heavy atom. The van der Waals surface area contributed by atoms with E-state index in [2.05, 4.69) is 5.32 Å². The topological polar surface area (TPSA) is 81.5 Å². The summed E-state index contributed by atoms with van der Waals surface area (Å²) in [5.74, 6) is -0.171. The van der Waals surface area contributed by atoms with Crippen molar-refractivity contribution >= 4 is 5.97 Å². The lowest BCUT2D eigenvalue weighted by atomic mass is 9.99. The maximum absolute atomic E-state index is 11.8. The number of nitrogens with zero attached hydrogens (tertiary/aromatic N) is 1. The second-order valence-corrected chi connectivity index (χ2v) is 6.06. The molecule has 6 nitrogen and oxygen atoms in total. The summed E-state index contributed by atoms with van der Waals surface area (Å²) in [7, 11) is 0. The van der Waals surface area contributed by atoms with Gasteiger partial charge in [-0.1, -0.05) is 20.3 Å². The van der Waals surface area contributed by atoms with Crippen molar-refractivity contribution in [2.45, 2.75) is 72.1 Å². The van der Waals surface area contributed by atoms with Crippen LogP contribution in [0.1, 0.15) is 60.3 Å². The highest BCUT2D eigenvalue weighted by atomic mass is 16.6. The Labute approximate surface area is 121 Å². The second kappa shape index (κ2) is 8.89. The van der Waals surface area contributed by atoms with Gasteiger partial charge in [0.2, 0.25) is 0 Å². The largest absolute Gasteiger partial charge is 0.460 e. The summed E-state index contributed by atoms with van der Waals surface area (Å²) in [5, 5.41) is 13.7. The van der Waals surface area contributed by atoms with Gasteiger partial charge in [-0.2, -0.15) is 0 Å². The third-order valence-corrected chi connectivity index (χ3v) is 2.86. The van der Waals surface area contributed by atoms with Crippen molar-refractivity contribution in [2.24, 2.45) is 5.92 Å². The van der Waals surface area contributed by atoms with E-state index >= 15 is 0 Å². The minimum atomic E-state index is -0.743. The van der Waals surface area contributed by atoms with Gasteiger partial charge in [0.25, 0.3) is 6.17 Å². The normalized spacial score (nSPS) is 14.7. The number of hydrogen-bond donors (Lipinski definition) is 1. The molecule has 0 rings (SSSR count). The Balaban J connectivity index is 4.35. The Morgan fingerprint density at radius 1 is 1.35 bits per heavy atom. The number of nitrogens with one attached hydrogen (secondary N) is 1. The zero-order valence-corrected chi connectivity index (χ0v) is 13.3. The van der Waals surface area contributed by atoms with Crippen molar-refractivity contribution < 1.29 is 14.5 Å². The van der Waals surface area contributed by atoms with E-state index < -0.39 is 11.8 Å². The molecule has 0 aliphatic heterocycles. The number of nitro groups is 1. The molecule has 0 aliphatic carbocycles. The van der Waals surface area contributed by atoms with Gasteiger partial charge in [0.15, 0.2) is 0 Å². The van der Waals surface area contributed by atoms with Crippen LogP contribution in [0.5, 0.6) is 0 Å². The van der Waals surface area contributed by atoms with E-state index in [0.29, 0.717) is 19.4 Å². The molecule has 2 unspecified atom stereocenters. The van der Waals surface area contributed by atoms with Crippen LogP contribution in [-0.2, 0) is 9.53 Å². The minimum Gasteiger partial charge on any atom is -0.460 e. The van der Waals surface area contributed by atoms with Crippen LogP contribution in [0, 0.1) is 16.0 Å². The van der Waals surface area contributed by atoms with E-state index in [1.54, 1.807) is 6.92 Å². The summed E-state index contributed by atoms with van der Waals surface area (Å²) in [6.07, 6.45) is 1.77. The molecule has 2 atom stereocenters. The molecule has 20 heavy (non-hydrogen) atoms. The van der Waals surface area contributed by atoms with E-state index in [9.17, 15) is 14.9 Å². The van der Waals surface area contributed by atoms with Crippen LogP contribution >= 0.6 is 0 Å². The predicted octanol–water partition coefficient (Wildman–Crippen LogP) is 2.74. The smallest absolute Gasteiger partial charge is 0.306 e. The molecular formula is C14H28N2O4. The average Bonchev–Trinajstić information content (AvgIpc) is 2.26. The summed E-state index contributed by atoms with van der Waals surface area (Å²) >= 11 is 0. The third kappa shape index (κ3) is 8.85. The first kappa shape index (κ1) is 18.8. The van der Waals surface area contributed by atoms with Crippen LogP contribution in [0.15, 0.2) is 0 Å². The molecule has 0 aromatic heterocycles. The van der Waals surface area contributed by atoms with Crippen molar-refractivity contribution in [3.05, 3.63) is 10.1 Å². The summed E-state index contributed by atoms with van der Waals surface area (Å²) in [4.78, 5) is 22.2. The zero-order chi connectivity index (χ0) is 15.8. The third-order valence-electron chi connectivity index (χ3n) is 2.86. The maximum Gasteiger partial charge on any atom is 0.306 e. The van der Waals surface area contributed by atoms with Crippen LogP contribution in [0.2, 0.25) is 0 Å². The van der Waals surface area contributed by atoms with Gasteiger partial charge >= 0.3 is 5.97 Å². The first-order valence-corrected chi connectivity index (χ1v) is 7.28. The summed E-state index contributed by atoms with van der Waals surface area (Å²) < 4.78 is 5.29. The molecule has 0 aromatic rings. The van der Waals surface area contributed by atoms with Crippen molar-refractivity contribution in [1.29, 1.82) is 0 Å². The van der Waals surface area contributed by atoms with Gasteiger partial charge in [-0.05, 0) is 33.1 Å². The molecule has 0 spiro atoms. The highest BCUT2D eigenvalue weighted by Crippen LogP contribution is 2.15. The summed E-state index contributed by atoms with van der Waals surface area (Å²) in [6, 6.07) is 0. The Morgan fingerprint density at radius 3 is 2.35 bits per heavy atom. The monoisotopic (exact) mass is 288 g/mol. The summed E-state index contributed by atoms with van der Waals surface area (Å²) in [5.41, 5.74) is -0.492. The number of hydrogen-bond acceptors (Lipinski definition) is 5. The zero-order valence-electron chi connectivity index (χ0n) is 13.3.